The fourth-order valence-corrected chi connectivity index (χ4v) is 2.47. The molecule has 1 atom stereocenters. The fourth-order valence-electron chi connectivity index (χ4n) is 1.65. The zero-order valence-corrected chi connectivity index (χ0v) is 13.0. The lowest BCUT2D eigenvalue weighted by atomic mass is 10.0. The maximum Gasteiger partial charge on any atom is 0.190 e. The second-order valence-corrected chi connectivity index (χ2v) is 6.33. The van der Waals surface area contributed by atoms with Gasteiger partial charge in [0, 0.05) is 25.4 Å². The van der Waals surface area contributed by atoms with Crippen molar-refractivity contribution in [1.82, 2.24) is 20.1 Å². The lowest BCUT2D eigenvalue weighted by molar-refractivity contribution is 0.460. The minimum atomic E-state index is 0.606. The fraction of sp³-hybridized carbons (Fsp3) is 0.846. The lowest BCUT2D eigenvalue weighted by Crippen LogP contribution is -2.28. The molecule has 0 saturated heterocycles. The Bertz CT molecular complexity index is 349. The third-order valence-corrected chi connectivity index (χ3v) is 4.08. The molecular weight excluding hydrogens is 244 g/mol. The van der Waals surface area contributed by atoms with Crippen molar-refractivity contribution in [3.05, 3.63) is 5.82 Å². The van der Waals surface area contributed by atoms with Crippen molar-refractivity contribution < 1.29 is 0 Å². The van der Waals surface area contributed by atoms with Gasteiger partial charge in [0.2, 0.25) is 0 Å². The maximum absolute atomic E-state index is 4.14. The van der Waals surface area contributed by atoms with Crippen molar-refractivity contribution in [2.75, 3.05) is 12.3 Å². The molecule has 1 rings (SSSR count). The Morgan fingerprint density at radius 2 is 1.94 bits per heavy atom. The molecule has 1 heterocycles. The van der Waals surface area contributed by atoms with Crippen LogP contribution in [-0.2, 0) is 7.05 Å². The van der Waals surface area contributed by atoms with Gasteiger partial charge in [0.05, 0.1) is 0 Å². The SMILES string of the molecule is Cc1nnc(SCCNC(C)CCC(C)C)n1C. The molecule has 0 aliphatic rings. The van der Waals surface area contributed by atoms with Gasteiger partial charge in [0.15, 0.2) is 5.16 Å². The Morgan fingerprint density at radius 1 is 1.22 bits per heavy atom. The molecule has 0 bridgehead atoms. The van der Waals surface area contributed by atoms with E-state index in [1.807, 2.05) is 18.5 Å². The Labute approximate surface area is 115 Å². The van der Waals surface area contributed by atoms with Crippen LogP contribution in [0.1, 0.15) is 39.4 Å². The summed E-state index contributed by atoms with van der Waals surface area (Å²) in [5, 5.41) is 12.8. The van der Waals surface area contributed by atoms with Gasteiger partial charge in [0.1, 0.15) is 5.82 Å². The van der Waals surface area contributed by atoms with E-state index in [0.29, 0.717) is 6.04 Å². The van der Waals surface area contributed by atoms with Crippen molar-refractivity contribution in [2.24, 2.45) is 13.0 Å². The summed E-state index contributed by atoms with van der Waals surface area (Å²) in [4.78, 5) is 0. The molecule has 5 heteroatoms. The lowest BCUT2D eigenvalue weighted by Gasteiger charge is -2.14. The third-order valence-electron chi connectivity index (χ3n) is 3.06. The molecule has 0 radical (unpaired) electrons. The topological polar surface area (TPSA) is 42.7 Å². The number of aryl methyl sites for hydroxylation is 1. The number of hydrogen-bond donors (Lipinski definition) is 1. The van der Waals surface area contributed by atoms with E-state index < -0.39 is 0 Å². The summed E-state index contributed by atoms with van der Waals surface area (Å²) in [5.74, 6) is 2.80. The predicted molar refractivity (Wildman–Crippen MR) is 78.0 cm³/mol. The molecule has 0 saturated carbocycles. The molecule has 1 aromatic heterocycles. The van der Waals surface area contributed by atoms with Crippen LogP contribution in [0.5, 0.6) is 0 Å². The summed E-state index contributed by atoms with van der Waals surface area (Å²) >= 11 is 1.76. The van der Waals surface area contributed by atoms with Gasteiger partial charge in [-0.15, -0.1) is 10.2 Å². The van der Waals surface area contributed by atoms with Crippen LogP contribution < -0.4 is 5.32 Å². The van der Waals surface area contributed by atoms with Crippen LogP contribution in [0, 0.1) is 12.8 Å². The molecular formula is C13H26N4S. The first-order valence-electron chi connectivity index (χ1n) is 6.73. The smallest absolute Gasteiger partial charge is 0.190 e. The predicted octanol–water partition coefficient (Wildman–Crippen LogP) is 2.63. The van der Waals surface area contributed by atoms with Crippen LogP contribution in [0.2, 0.25) is 0 Å². The van der Waals surface area contributed by atoms with Crippen LogP contribution in [0.4, 0.5) is 0 Å². The quantitative estimate of drug-likeness (QED) is 0.582. The first kappa shape index (κ1) is 15.5. The molecule has 1 aromatic rings. The number of nitrogens with one attached hydrogen (secondary N) is 1. The van der Waals surface area contributed by atoms with E-state index in [1.54, 1.807) is 11.8 Å². The Hall–Kier alpha value is -0.550. The highest BCUT2D eigenvalue weighted by molar-refractivity contribution is 7.99. The Balaban J connectivity index is 2.13. The van der Waals surface area contributed by atoms with E-state index in [9.17, 15) is 0 Å². The van der Waals surface area contributed by atoms with Crippen LogP contribution in [0.25, 0.3) is 0 Å². The summed E-state index contributed by atoms with van der Waals surface area (Å²) in [6.07, 6.45) is 2.55. The first-order chi connectivity index (χ1) is 8.50. The number of aromatic nitrogens is 3. The van der Waals surface area contributed by atoms with Crippen molar-refractivity contribution in [3.63, 3.8) is 0 Å². The molecule has 0 fully saturated rings. The van der Waals surface area contributed by atoms with E-state index >= 15 is 0 Å². The Kier molecular flexibility index (Phi) is 6.71. The second-order valence-electron chi connectivity index (χ2n) is 5.26. The van der Waals surface area contributed by atoms with Crippen molar-refractivity contribution in [1.29, 1.82) is 0 Å². The maximum atomic E-state index is 4.14. The molecule has 0 spiro atoms. The van der Waals surface area contributed by atoms with Gasteiger partial charge in [-0.3, -0.25) is 0 Å². The minimum absolute atomic E-state index is 0.606. The number of thioether (sulfide) groups is 1. The molecule has 18 heavy (non-hydrogen) atoms. The normalized spacial score (nSPS) is 13.2. The van der Waals surface area contributed by atoms with Gasteiger partial charge in [0.25, 0.3) is 0 Å². The minimum Gasteiger partial charge on any atom is -0.313 e. The van der Waals surface area contributed by atoms with Crippen LogP contribution in [0.3, 0.4) is 0 Å². The zero-order valence-electron chi connectivity index (χ0n) is 12.2. The van der Waals surface area contributed by atoms with Gasteiger partial charge in [-0.1, -0.05) is 25.6 Å². The van der Waals surface area contributed by atoms with Gasteiger partial charge in [-0.2, -0.15) is 0 Å². The van der Waals surface area contributed by atoms with Crippen LogP contribution in [-0.4, -0.2) is 33.1 Å². The Morgan fingerprint density at radius 3 is 2.50 bits per heavy atom. The van der Waals surface area contributed by atoms with Gasteiger partial charge < -0.3 is 9.88 Å². The van der Waals surface area contributed by atoms with Crippen molar-refractivity contribution in [3.8, 4) is 0 Å². The van der Waals surface area contributed by atoms with Gasteiger partial charge in [-0.25, -0.2) is 0 Å². The molecule has 0 aliphatic carbocycles. The molecule has 0 aliphatic heterocycles. The summed E-state index contributed by atoms with van der Waals surface area (Å²) in [5.41, 5.74) is 0. The molecule has 4 nitrogen and oxygen atoms in total. The highest BCUT2D eigenvalue weighted by Crippen LogP contribution is 2.14. The first-order valence-corrected chi connectivity index (χ1v) is 7.71. The molecule has 0 amide bonds. The number of rotatable bonds is 8. The number of hydrogen-bond acceptors (Lipinski definition) is 4. The summed E-state index contributed by atoms with van der Waals surface area (Å²) in [7, 11) is 2.01. The zero-order chi connectivity index (χ0) is 13.5. The molecule has 0 aromatic carbocycles. The van der Waals surface area contributed by atoms with E-state index in [1.165, 1.54) is 12.8 Å². The second kappa shape index (κ2) is 7.79. The number of nitrogens with zero attached hydrogens (tertiary/aromatic N) is 3. The monoisotopic (exact) mass is 270 g/mol. The van der Waals surface area contributed by atoms with Gasteiger partial charge >= 0.3 is 0 Å². The third kappa shape index (κ3) is 5.40. The molecule has 104 valence electrons. The summed E-state index contributed by atoms with van der Waals surface area (Å²) < 4.78 is 2.03. The van der Waals surface area contributed by atoms with Gasteiger partial charge in [-0.05, 0) is 32.6 Å². The highest BCUT2D eigenvalue weighted by Gasteiger charge is 2.06. The van der Waals surface area contributed by atoms with Crippen LogP contribution in [0.15, 0.2) is 5.16 Å². The molecule has 1 N–H and O–H groups in total. The highest BCUT2D eigenvalue weighted by atomic mass is 32.2. The van der Waals surface area contributed by atoms with E-state index in [4.69, 9.17) is 0 Å². The van der Waals surface area contributed by atoms with Crippen LogP contribution >= 0.6 is 11.8 Å². The van der Waals surface area contributed by atoms with E-state index in [0.717, 1.165) is 29.2 Å². The van der Waals surface area contributed by atoms with E-state index in [-0.39, 0.29) is 0 Å². The summed E-state index contributed by atoms with van der Waals surface area (Å²) in [6.45, 7) is 9.82. The van der Waals surface area contributed by atoms with Crippen molar-refractivity contribution in [2.45, 2.75) is 51.7 Å². The average Bonchev–Trinajstić information content (AvgIpc) is 2.63. The molecule has 1 unspecified atom stereocenters. The largest absolute Gasteiger partial charge is 0.313 e. The average molecular weight is 270 g/mol. The standard InChI is InChI=1S/C13H26N4S/c1-10(2)6-7-11(3)14-8-9-18-13-16-15-12(4)17(13)5/h10-11,14H,6-9H2,1-5H3. The van der Waals surface area contributed by atoms with E-state index in [2.05, 4.69) is 36.3 Å². The van der Waals surface area contributed by atoms with Crippen molar-refractivity contribution >= 4 is 11.8 Å². The summed E-state index contributed by atoms with van der Waals surface area (Å²) in [6, 6.07) is 0.606.